The predicted molar refractivity (Wildman–Crippen MR) is 104 cm³/mol. The van der Waals surface area contributed by atoms with Crippen molar-refractivity contribution in [2.45, 2.75) is 13.0 Å². The first-order valence-electron chi connectivity index (χ1n) is 8.21. The Hall–Kier alpha value is -2.58. The molecule has 142 valence electrons. The van der Waals surface area contributed by atoms with Gasteiger partial charge in [0.15, 0.2) is 0 Å². The van der Waals surface area contributed by atoms with E-state index in [4.69, 9.17) is 16.3 Å². The van der Waals surface area contributed by atoms with Gasteiger partial charge in [-0.1, -0.05) is 17.7 Å². The summed E-state index contributed by atoms with van der Waals surface area (Å²) in [6, 6.07) is 6.57. The summed E-state index contributed by atoms with van der Waals surface area (Å²) in [6.45, 7) is 0.784. The molecule has 27 heavy (non-hydrogen) atoms. The lowest BCUT2D eigenvalue weighted by molar-refractivity contribution is 0.0962. The molecule has 0 aliphatic carbocycles. The lowest BCUT2D eigenvalue weighted by Gasteiger charge is -2.25. The van der Waals surface area contributed by atoms with Crippen LogP contribution in [0.3, 0.4) is 0 Å². The maximum Gasteiger partial charge on any atom is 0.409 e. The number of carbonyl (C=O) groups is 3. The maximum absolute atomic E-state index is 12.6. The minimum Gasteiger partial charge on any atom is -0.453 e. The number of hydrogen-bond acceptors (Lipinski definition) is 5. The predicted octanol–water partition coefficient (Wildman–Crippen LogP) is 3.14. The molecule has 2 heterocycles. The van der Waals surface area contributed by atoms with Crippen LogP contribution in [-0.4, -0.2) is 43.5 Å². The smallest absolute Gasteiger partial charge is 0.409 e. The van der Waals surface area contributed by atoms with Gasteiger partial charge in [-0.15, -0.1) is 11.3 Å². The number of nitrogens with one attached hydrogen (secondary N) is 2. The molecule has 0 radical (unpaired) electrons. The van der Waals surface area contributed by atoms with E-state index >= 15 is 0 Å². The van der Waals surface area contributed by atoms with Crippen LogP contribution in [0.25, 0.3) is 0 Å². The minimum absolute atomic E-state index is 0.277. The van der Waals surface area contributed by atoms with Gasteiger partial charge in [-0.2, -0.15) is 0 Å². The van der Waals surface area contributed by atoms with Crippen molar-refractivity contribution >= 4 is 45.8 Å². The summed E-state index contributed by atoms with van der Waals surface area (Å²) in [7, 11) is 2.87. The van der Waals surface area contributed by atoms with E-state index < -0.39 is 6.09 Å². The number of benzene rings is 1. The fourth-order valence-corrected chi connectivity index (χ4v) is 4.39. The number of methoxy groups -OCH3 is 1. The molecule has 3 amide bonds. The van der Waals surface area contributed by atoms with E-state index in [1.165, 1.54) is 18.4 Å². The molecule has 7 nitrogen and oxygen atoms in total. The molecule has 2 N–H and O–H groups in total. The summed E-state index contributed by atoms with van der Waals surface area (Å²) in [6.07, 6.45) is 0.0940. The number of carbonyl (C=O) groups excluding carboxylic acids is 3. The van der Waals surface area contributed by atoms with Crippen molar-refractivity contribution < 1.29 is 19.1 Å². The third-order valence-corrected chi connectivity index (χ3v) is 5.62. The zero-order chi connectivity index (χ0) is 19.6. The molecule has 3 rings (SSSR count). The van der Waals surface area contributed by atoms with Crippen molar-refractivity contribution in [3.63, 3.8) is 0 Å². The second kappa shape index (κ2) is 7.98. The van der Waals surface area contributed by atoms with Crippen molar-refractivity contribution in [2.75, 3.05) is 26.0 Å². The molecular formula is C18H18ClN3O4S. The number of rotatable bonds is 3. The molecule has 0 spiro atoms. The Labute approximate surface area is 165 Å². The van der Waals surface area contributed by atoms with Gasteiger partial charge < -0.3 is 20.3 Å². The first-order chi connectivity index (χ1) is 12.9. The van der Waals surface area contributed by atoms with Gasteiger partial charge in [-0.05, 0) is 30.2 Å². The van der Waals surface area contributed by atoms with Gasteiger partial charge in [0.1, 0.15) is 5.00 Å². The van der Waals surface area contributed by atoms with Gasteiger partial charge in [0, 0.05) is 29.1 Å². The van der Waals surface area contributed by atoms with E-state index in [9.17, 15) is 14.4 Å². The monoisotopic (exact) mass is 407 g/mol. The number of halogens is 1. The highest BCUT2D eigenvalue weighted by Gasteiger charge is 2.30. The molecule has 9 heteroatoms. The Morgan fingerprint density at radius 1 is 1.26 bits per heavy atom. The van der Waals surface area contributed by atoms with E-state index in [1.807, 2.05) is 0 Å². The van der Waals surface area contributed by atoms with E-state index in [1.54, 1.807) is 36.2 Å². The van der Waals surface area contributed by atoms with Crippen LogP contribution in [0.2, 0.25) is 5.02 Å². The van der Waals surface area contributed by atoms with Crippen molar-refractivity contribution in [3.8, 4) is 0 Å². The van der Waals surface area contributed by atoms with Crippen LogP contribution < -0.4 is 10.6 Å². The number of hydrogen-bond donors (Lipinski definition) is 2. The second-order valence-corrected chi connectivity index (χ2v) is 7.43. The fourth-order valence-electron chi connectivity index (χ4n) is 2.95. The average molecular weight is 408 g/mol. The first-order valence-corrected chi connectivity index (χ1v) is 9.40. The van der Waals surface area contributed by atoms with E-state index in [-0.39, 0.29) is 11.8 Å². The van der Waals surface area contributed by atoms with Crippen LogP contribution in [0.4, 0.5) is 9.80 Å². The number of anilines is 1. The lowest BCUT2D eigenvalue weighted by atomic mass is 10.0. The molecule has 2 aromatic rings. The summed E-state index contributed by atoms with van der Waals surface area (Å²) in [5.41, 5.74) is 1.69. The molecular weight excluding hydrogens is 390 g/mol. The number of nitrogens with zero attached hydrogens (tertiary/aromatic N) is 1. The Balaban J connectivity index is 1.93. The summed E-state index contributed by atoms with van der Waals surface area (Å²) >= 11 is 7.24. The van der Waals surface area contributed by atoms with Gasteiger partial charge in [0.25, 0.3) is 11.8 Å². The fraction of sp³-hybridized carbons (Fsp3) is 0.278. The molecule has 1 aliphatic rings. The van der Waals surface area contributed by atoms with Gasteiger partial charge in [-0.3, -0.25) is 9.59 Å². The Kier molecular flexibility index (Phi) is 5.67. The number of amides is 3. The molecule has 0 saturated heterocycles. The summed E-state index contributed by atoms with van der Waals surface area (Å²) in [4.78, 5) is 39.2. The maximum atomic E-state index is 12.6. The quantitative estimate of drug-likeness (QED) is 0.818. The van der Waals surface area contributed by atoms with E-state index in [0.717, 1.165) is 10.4 Å². The molecule has 0 bridgehead atoms. The van der Waals surface area contributed by atoms with E-state index in [0.29, 0.717) is 40.7 Å². The minimum atomic E-state index is -0.417. The van der Waals surface area contributed by atoms with Crippen molar-refractivity contribution in [3.05, 3.63) is 50.9 Å². The largest absolute Gasteiger partial charge is 0.453 e. The molecule has 0 atom stereocenters. The number of thiophene rings is 1. The van der Waals surface area contributed by atoms with Crippen molar-refractivity contribution in [2.24, 2.45) is 0 Å². The Morgan fingerprint density at radius 2 is 2.04 bits per heavy atom. The van der Waals surface area contributed by atoms with E-state index in [2.05, 4.69) is 10.6 Å². The second-order valence-electron chi connectivity index (χ2n) is 5.89. The number of fused-ring (bicyclic) bond motifs is 1. The van der Waals surface area contributed by atoms with Crippen LogP contribution in [0.5, 0.6) is 0 Å². The Morgan fingerprint density at radius 3 is 2.70 bits per heavy atom. The zero-order valence-electron chi connectivity index (χ0n) is 14.8. The highest BCUT2D eigenvalue weighted by molar-refractivity contribution is 7.17. The molecule has 1 aromatic carbocycles. The standard InChI is InChI=1S/C18H18ClN3O4S/c1-20-16(24)14-12-6-7-22(18(25)26-2)9-13(12)27-17(14)21-15(23)10-4-3-5-11(19)8-10/h3-5,8H,6-7,9H2,1-2H3,(H,20,24)(H,21,23). The SMILES string of the molecule is CNC(=O)c1c(NC(=O)c2cccc(Cl)c2)sc2c1CCN(C(=O)OC)C2. The molecule has 0 saturated carbocycles. The third kappa shape index (κ3) is 3.91. The first kappa shape index (κ1) is 19.2. The average Bonchev–Trinajstić information content (AvgIpc) is 3.03. The summed E-state index contributed by atoms with van der Waals surface area (Å²) in [5, 5.41) is 6.33. The van der Waals surface area contributed by atoms with Crippen LogP contribution in [0, 0.1) is 0 Å². The highest BCUT2D eigenvalue weighted by atomic mass is 35.5. The lowest BCUT2D eigenvalue weighted by Crippen LogP contribution is -2.35. The van der Waals surface area contributed by atoms with Gasteiger partial charge >= 0.3 is 6.09 Å². The molecule has 0 unspecified atom stereocenters. The van der Waals surface area contributed by atoms with Crippen molar-refractivity contribution in [1.82, 2.24) is 10.2 Å². The Bertz CT molecular complexity index is 912. The van der Waals surface area contributed by atoms with Crippen LogP contribution in [0.15, 0.2) is 24.3 Å². The summed E-state index contributed by atoms with van der Waals surface area (Å²) in [5.74, 6) is -0.633. The van der Waals surface area contributed by atoms with Gasteiger partial charge in [0.2, 0.25) is 0 Å². The van der Waals surface area contributed by atoms with Gasteiger partial charge in [-0.25, -0.2) is 4.79 Å². The molecule has 0 fully saturated rings. The van der Waals surface area contributed by atoms with Crippen LogP contribution >= 0.6 is 22.9 Å². The zero-order valence-corrected chi connectivity index (χ0v) is 16.4. The summed E-state index contributed by atoms with van der Waals surface area (Å²) < 4.78 is 4.77. The highest BCUT2D eigenvalue weighted by Crippen LogP contribution is 2.37. The molecule has 1 aliphatic heterocycles. The molecule has 1 aromatic heterocycles. The van der Waals surface area contributed by atoms with Crippen LogP contribution in [-0.2, 0) is 17.7 Å². The third-order valence-electron chi connectivity index (χ3n) is 4.26. The normalized spacial score (nSPS) is 12.9. The van der Waals surface area contributed by atoms with Crippen LogP contribution in [0.1, 0.15) is 31.2 Å². The number of ether oxygens (including phenoxy) is 1. The van der Waals surface area contributed by atoms with Crippen molar-refractivity contribution in [1.29, 1.82) is 0 Å². The topological polar surface area (TPSA) is 87.7 Å². The van der Waals surface area contributed by atoms with Gasteiger partial charge in [0.05, 0.1) is 19.2 Å².